The molecule has 0 saturated carbocycles. The maximum atomic E-state index is 5.78. The summed E-state index contributed by atoms with van der Waals surface area (Å²) in [6.07, 6.45) is 1.07. The molecule has 0 fully saturated rings. The van der Waals surface area contributed by atoms with Crippen molar-refractivity contribution in [1.29, 1.82) is 0 Å². The van der Waals surface area contributed by atoms with Crippen LogP contribution in [0.25, 0.3) is 0 Å². The third kappa shape index (κ3) is 3.58. The van der Waals surface area contributed by atoms with Crippen molar-refractivity contribution in [2.45, 2.75) is 26.8 Å². The summed E-state index contributed by atoms with van der Waals surface area (Å²) in [4.78, 5) is 0.428. The predicted octanol–water partition coefficient (Wildman–Crippen LogP) is 3.80. The number of aryl methyl sites for hydroxylation is 2. The first-order valence-electron chi connectivity index (χ1n) is 6.82. The van der Waals surface area contributed by atoms with Crippen LogP contribution >= 0.6 is 12.2 Å². The topological polar surface area (TPSA) is 38.0 Å². The van der Waals surface area contributed by atoms with Crippen molar-refractivity contribution in [3.63, 3.8) is 0 Å². The molecular formula is C17H20N2S. The van der Waals surface area contributed by atoms with Gasteiger partial charge in [0.25, 0.3) is 0 Å². The largest absolute Gasteiger partial charge is 0.389 e. The van der Waals surface area contributed by atoms with Crippen molar-refractivity contribution in [3.05, 3.63) is 64.7 Å². The van der Waals surface area contributed by atoms with Gasteiger partial charge in [-0.15, -0.1) is 0 Å². The zero-order chi connectivity index (χ0) is 14.5. The maximum absolute atomic E-state index is 5.78. The van der Waals surface area contributed by atoms with Gasteiger partial charge in [-0.2, -0.15) is 0 Å². The number of rotatable bonds is 5. The number of thiocarbonyl (C=S) groups is 1. The highest BCUT2D eigenvalue weighted by molar-refractivity contribution is 7.80. The first-order valence-corrected chi connectivity index (χ1v) is 7.23. The van der Waals surface area contributed by atoms with E-state index >= 15 is 0 Å². The van der Waals surface area contributed by atoms with Crippen LogP contribution in [0.3, 0.4) is 0 Å². The molecule has 20 heavy (non-hydrogen) atoms. The third-order valence-corrected chi connectivity index (χ3v) is 3.57. The van der Waals surface area contributed by atoms with Crippen LogP contribution in [0.1, 0.15) is 29.2 Å². The van der Waals surface area contributed by atoms with E-state index in [1.165, 1.54) is 11.1 Å². The van der Waals surface area contributed by atoms with Gasteiger partial charge in [0.05, 0.1) is 0 Å². The van der Waals surface area contributed by atoms with Crippen molar-refractivity contribution in [3.8, 4) is 0 Å². The minimum Gasteiger partial charge on any atom is -0.389 e. The Kier molecular flexibility index (Phi) is 4.74. The van der Waals surface area contributed by atoms with Gasteiger partial charge >= 0.3 is 0 Å². The summed E-state index contributed by atoms with van der Waals surface area (Å²) < 4.78 is 0. The molecule has 0 aliphatic carbocycles. The molecule has 2 aromatic rings. The lowest BCUT2D eigenvalue weighted by atomic mass is 10.1. The highest BCUT2D eigenvalue weighted by atomic mass is 32.1. The summed E-state index contributed by atoms with van der Waals surface area (Å²) in [5.74, 6) is 0. The summed E-state index contributed by atoms with van der Waals surface area (Å²) >= 11 is 5.11. The standard InChI is InChI=1S/C17H20N2S/c1-3-13-5-7-14(8-6-13)11-19-16-9-4-12(2)10-15(16)17(18)20/h4-10,19H,3,11H2,1-2H3,(H2,18,20). The van der Waals surface area contributed by atoms with Crippen LogP contribution in [0.4, 0.5) is 5.69 Å². The lowest BCUT2D eigenvalue weighted by Crippen LogP contribution is -2.13. The van der Waals surface area contributed by atoms with Gasteiger partial charge in [-0.1, -0.05) is 55.0 Å². The van der Waals surface area contributed by atoms with Crippen molar-refractivity contribution in [2.24, 2.45) is 5.73 Å². The quantitative estimate of drug-likeness (QED) is 0.820. The smallest absolute Gasteiger partial charge is 0.106 e. The van der Waals surface area contributed by atoms with Gasteiger partial charge in [0.15, 0.2) is 0 Å². The Labute approximate surface area is 126 Å². The van der Waals surface area contributed by atoms with Crippen LogP contribution in [0, 0.1) is 6.92 Å². The minimum atomic E-state index is 0.428. The number of hydrogen-bond acceptors (Lipinski definition) is 2. The van der Waals surface area contributed by atoms with Crippen LogP contribution < -0.4 is 11.1 Å². The van der Waals surface area contributed by atoms with Gasteiger partial charge in [0, 0.05) is 17.8 Å². The minimum absolute atomic E-state index is 0.428. The molecule has 0 bridgehead atoms. The van der Waals surface area contributed by atoms with E-state index in [1.54, 1.807) is 0 Å². The molecule has 3 heteroatoms. The molecule has 2 nitrogen and oxygen atoms in total. The summed E-state index contributed by atoms with van der Waals surface area (Å²) in [5.41, 5.74) is 11.4. The molecule has 0 radical (unpaired) electrons. The van der Waals surface area contributed by atoms with Crippen LogP contribution in [0.2, 0.25) is 0 Å². The molecule has 2 rings (SSSR count). The van der Waals surface area contributed by atoms with Crippen molar-refractivity contribution in [2.75, 3.05) is 5.32 Å². The summed E-state index contributed by atoms with van der Waals surface area (Å²) in [6.45, 7) is 4.96. The van der Waals surface area contributed by atoms with Crippen LogP contribution in [0.15, 0.2) is 42.5 Å². The molecule has 0 spiro atoms. The van der Waals surface area contributed by atoms with Crippen molar-refractivity contribution < 1.29 is 0 Å². The molecule has 3 N–H and O–H groups in total. The number of nitrogens with one attached hydrogen (secondary N) is 1. The average molecular weight is 284 g/mol. The molecule has 0 amide bonds. The van der Waals surface area contributed by atoms with E-state index in [4.69, 9.17) is 18.0 Å². The first-order chi connectivity index (χ1) is 9.60. The number of benzene rings is 2. The highest BCUT2D eigenvalue weighted by Crippen LogP contribution is 2.18. The Balaban J connectivity index is 2.12. The molecule has 2 aromatic carbocycles. The maximum Gasteiger partial charge on any atom is 0.106 e. The van der Waals surface area contributed by atoms with E-state index in [0.29, 0.717) is 4.99 Å². The number of nitrogens with two attached hydrogens (primary N) is 1. The number of anilines is 1. The second kappa shape index (κ2) is 6.53. The summed E-state index contributed by atoms with van der Waals surface area (Å²) in [7, 11) is 0. The fraction of sp³-hybridized carbons (Fsp3) is 0.235. The highest BCUT2D eigenvalue weighted by Gasteiger charge is 2.05. The molecule has 0 atom stereocenters. The van der Waals surface area contributed by atoms with Crippen LogP contribution in [0.5, 0.6) is 0 Å². The van der Waals surface area contributed by atoms with Gasteiger partial charge in [-0.05, 0) is 36.6 Å². The van der Waals surface area contributed by atoms with Gasteiger partial charge in [-0.3, -0.25) is 0 Å². The van der Waals surface area contributed by atoms with E-state index in [0.717, 1.165) is 29.8 Å². The second-order valence-electron chi connectivity index (χ2n) is 4.94. The van der Waals surface area contributed by atoms with E-state index in [9.17, 15) is 0 Å². The Morgan fingerprint density at radius 3 is 2.35 bits per heavy atom. The van der Waals surface area contributed by atoms with Gasteiger partial charge in [-0.25, -0.2) is 0 Å². The van der Waals surface area contributed by atoms with Crippen molar-refractivity contribution in [1.82, 2.24) is 0 Å². The molecule has 0 aromatic heterocycles. The fourth-order valence-electron chi connectivity index (χ4n) is 2.11. The zero-order valence-electron chi connectivity index (χ0n) is 11.9. The summed E-state index contributed by atoms with van der Waals surface area (Å²) in [5, 5.41) is 3.41. The van der Waals surface area contributed by atoms with Gasteiger partial charge in [0.2, 0.25) is 0 Å². The van der Waals surface area contributed by atoms with E-state index in [1.807, 2.05) is 19.1 Å². The monoisotopic (exact) mass is 284 g/mol. The normalized spacial score (nSPS) is 10.3. The van der Waals surface area contributed by atoms with Crippen LogP contribution in [-0.4, -0.2) is 4.99 Å². The molecule has 0 aliphatic rings. The zero-order valence-corrected chi connectivity index (χ0v) is 12.8. The van der Waals surface area contributed by atoms with Crippen LogP contribution in [-0.2, 0) is 13.0 Å². The van der Waals surface area contributed by atoms with Gasteiger partial charge in [0.1, 0.15) is 4.99 Å². The Bertz CT molecular complexity index is 603. The predicted molar refractivity (Wildman–Crippen MR) is 90.2 cm³/mol. The Morgan fingerprint density at radius 2 is 1.75 bits per heavy atom. The SMILES string of the molecule is CCc1ccc(CNc2ccc(C)cc2C(N)=S)cc1. The van der Waals surface area contributed by atoms with E-state index < -0.39 is 0 Å². The Morgan fingerprint density at radius 1 is 1.10 bits per heavy atom. The molecule has 0 unspecified atom stereocenters. The molecule has 104 valence electrons. The van der Waals surface area contributed by atoms with Crippen molar-refractivity contribution >= 4 is 22.9 Å². The lowest BCUT2D eigenvalue weighted by Gasteiger charge is -2.12. The first kappa shape index (κ1) is 14.5. The molecule has 0 heterocycles. The summed E-state index contributed by atoms with van der Waals surface area (Å²) in [6, 6.07) is 14.8. The number of hydrogen-bond donors (Lipinski definition) is 2. The fourth-order valence-corrected chi connectivity index (χ4v) is 2.28. The average Bonchev–Trinajstić information content (AvgIpc) is 2.46. The Hall–Kier alpha value is -1.87. The third-order valence-electron chi connectivity index (χ3n) is 3.35. The lowest BCUT2D eigenvalue weighted by molar-refractivity contribution is 1.10. The second-order valence-corrected chi connectivity index (χ2v) is 5.38. The van der Waals surface area contributed by atoms with Gasteiger partial charge < -0.3 is 11.1 Å². The molecule has 0 saturated heterocycles. The van der Waals surface area contributed by atoms with E-state index in [-0.39, 0.29) is 0 Å². The molecular weight excluding hydrogens is 264 g/mol. The van der Waals surface area contributed by atoms with E-state index in [2.05, 4.69) is 42.6 Å². The molecule has 0 aliphatic heterocycles.